The van der Waals surface area contributed by atoms with Crippen molar-refractivity contribution in [1.82, 2.24) is 24.1 Å². The molecule has 332 valence electrons. The van der Waals surface area contributed by atoms with Gasteiger partial charge in [-0.1, -0.05) is 18.2 Å². The molecular weight excluding hydrogens is 877 g/mol. The van der Waals surface area contributed by atoms with Crippen LogP contribution < -0.4 is 9.46 Å². The molecule has 0 saturated carbocycles. The molecule has 0 spiro atoms. The summed E-state index contributed by atoms with van der Waals surface area (Å²) < 4.78 is 124. The lowest BCUT2D eigenvalue weighted by molar-refractivity contribution is -0.186. The predicted octanol–water partition coefficient (Wildman–Crippen LogP) is 9.68. The van der Waals surface area contributed by atoms with E-state index in [2.05, 4.69) is 19.1 Å². The highest BCUT2D eigenvalue weighted by atomic mass is 32.2. The molecule has 6 rings (SSSR count). The van der Waals surface area contributed by atoms with Crippen molar-refractivity contribution in [3.8, 4) is 39.8 Å². The molecule has 0 atom stereocenters. The van der Waals surface area contributed by atoms with Crippen molar-refractivity contribution < 1.29 is 53.8 Å². The van der Waals surface area contributed by atoms with Gasteiger partial charge in [-0.15, -0.1) is 0 Å². The Kier molecular flexibility index (Phi) is 13.7. The van der Waals surface area contributed by atoms with Crippen LogP contribution in [-0.2, 0) is 32.3 Å². The number of pyridine rings is 1. The maximum absolute atomic E-state index is 13.8. The Bertz CT molecular complexity index is 2610. The van der Waals surface area contributed by atoms with Crippen LogP contribution in [0.1, 0.15) is 56.9 Å². The minimum Gasteiger partial charge on any atom is -0.455 e. The molecule has 63 heavy (non-hydrogen) atoms. The second-order valence-corrected chi connectivity index (χ2v) is 17.9. The fourth-order valence-corrected chi connectivity index (χ4v) is 8.38. The number of ether oxygens (including phenoxy) is 2. The van der Waals surface area contributed by atoms with E-state index < -0.39 is 45.5 Å². The molecule has 2 amide bonds. The summed E-state index contributed by atoms with van der Waals surface area (Å²) in [6.45, 7) is 4.96. The van der Waals surface area contributed by atoms with Crippen LogP contribution in [0.3, 0.4) is 0 Å². The number of carbonyl (C=O) groups is 2. The predicted molar refractivity (Wildman–Crippen MR) is 219 cm³/mol. The number of halogens is 6. The molecule has 3 aromatic carbocycles. The Hall–Kier alpha value is -6.27. The maximum atomic E-state index is 13.8. The molecule has 1 saturated heterocycles. The van der Waals surface area contributed by atoms with E-state index in [1.54, 1.807) is 39.0 Å². The first kappa shape index (κ1) is 46.2. The lowest BCUT2D eigenvalue weighted by Crippen LogP contribution is -2.45. The van der Waals surface area contributed by atoms with Gasteiger partial charge in [0.05, 0.1) is 28.3 Å². The van der Waals surface area contributed by atoms with Gasteiger partial charge in [-0.2, -0.15) is 36.0 Å². The molecule has 2 aromatic heterocycles. The van der Waals surface area contributed by atoms with Gasteiger partial charge < -0.3 is 19.3 Å². The molecule has 0 aliphatic carbocycles. The highest BCUT2D eigenvalue weighted by Gasteiger charge is 2.43. The van der Waals surface area contributed by atoms with Gasteiger partial charge in [0.25, 0.3) is 10.0 Å². The van der Waals surface area contributed by atoms with Crippen molar-refractivity contribution in [2.24, 2.45) is 5.92 Å². The van der Waals surface area contributed by atoms with Crippen LogP contribution >= 0.6 is 11.5 Å². The number of nitrogens with zero attached hydrogens (tertiary/aromatic N) is 6. The molecule has 5 aromatic rings. The number of hydrogen-bond donors (Lipinski definition) is 1. The first-order valence-electron chi connectivity index (χ1n) is 19.2. The van der Waals surface area contributed by atoms with Gasteiger partial charge in [-0.3, -0.25) is 14.5 Å². The van der Waals surface area contributed by atoms with Crippen LogP contribution in [0, 0.1) is 17.2 Å². The summed E-state index contributed by atoms with van der Waals surface area (Å²) in [6, 6.07) is 18.1. The summed E-state index contributed by atoms with van der Waals surface area (Å²) in [7, 11) is -4.18. The third kappa shape index (κ3) is 12.0. The first-order chi connectivity index (χ1) is 29.6. The number of anilines is 1. The summed E-state index contributed by atoms with van der Waals surface area (Å²) in [5.74, 6) is -1.89. The Balaban J connectivity index is 1.32. The van der Waals surface area contributed by atoms with Crippen LogP contribution in [0.5, 0.6) is 11.5 Å². The largest absolute Gasteiger partial charge is 0.471 e. The number of sulfonamides is 1. The van der Waals surface area contributed by atoms with Gasteiger partial charge in [0.15, 0.2) is 0 Å². The Morgan fingerprint density at radius 3 is 2.29 bits per heavy atom. The van der Waals surface area contributed by atoms with Gasteiger partial charge in [0.2, 0.25) is 5.13 Å². The smallest absolute Gasteiger partial charge is 0.455 e. The number of alkyl halides is 6. The van der Waals surface area contributed by atoms with E-state index in [-0.39, 0.29) is 64.7 Å². The highest BCUT2D eigenvalue weighted by molar-refractivity contribution is 7.93. The van der Waals surface area contributed by atoms with Crippen molar-refractivity contribution in [3.63, 3.8) is 0 Å². The van der Waals surface area contributed by atoms with Crippen LogP contribution in [-0.4, -0.2) is 76.0 Å². The van der Waals surface area contributed by atoms with Crippen molar-refractivity contribution in [1.29, 1.82) is 5.26 Å². The van der Waals surface area contributed by atoms with E-state index in [1.165, 1.54) is 53.8 Å². The molecule has 0 radical (unpaired) electrons. The Labute approximate surface area is 362 Å². The van der Waals surface area contributed by atoms with Crippen LogP contribution in [0.2, 0.25) is 0 Å². The summed E-state index contributed by atoms with van der Waals surface area (Å²) in [4.78, 5) is 35.5. The minimum absolute atomic E-state index is 0.00704. The van der Waals surface area contributed by atoms with E-state index >= 15 is 0 Å². The molecular formula is C42H39F6N7O6S2. The van der Waals surface area contributed by atoms with Crippen LogP contribution in [0.15, 0.2) is 90.2 Å². The topological polar surface area (TPSA) is 168 Å². The van der Waals surface area contributed by atoms with Gasteiger partial charge in [0.1, 0.15) is 29.5 Å². The Morgan fingerprint density at radius 1 is 0.921 bits per heavy atom. The number of hydrogen-bond acceptors (Lipinski definition) is 11. The van der Waals surface area contributed by atoms with Gasteiger partial charge in [-0.05, 0) is 117 Å². The Morgan fingerprint density at radius 2 is 1.63 bits per heavy atom. The third-order valence-electron chi connectivity index (χ3n) is 9.77. The number of likely N-dealkylation sites (tertiary alicyclic amines) is 1. The van der Waals surface area contributed by atoms with Crippen molar-refractivity contribution in [3.05, 3.63) is 102 Å². The number of benzene rings is 3. The monoisotopic (exact) mass is 915 g/mol. The molecule has 3 heterocycles. The normalized spacial score (nSPS) is 13.9. The molecule has 0 bridgehead atoms. The fraction of sp³-hybridized carbons (Fsp3) is 0.333. The second-order valence-electron chi connectivity index (χ2n) is 15.5. The summed E-state index contributed by atoms with van der Waals surface area (Å²) in [5, 5.41) is 10.1. The third-order valence-corrected chi connectivity index (χ3v) is 11.8. The van der Waals surface area contributed by atoms with Crippen LogP contribution in [0.25, 0.3) is 22.3 Å². The average molecular weight is 916 g/mol. The van der Waals surface area contributed by atoms with Gasteiger partial charge in [0, 0.05) is 42.9 Å². The lowest BCUT2D eigenvalue weighted by Gasteiger charge is -2.34. The molecule has 13 nitrogen and oxygen atoms in total. The van der Waals surface area contributed by atoms with E-state index in [1.807, 2.05) is 6.07 Å². The van der Waals surface area contributed by atoms with E-state index in [4.69, 9.17) is 9.47 Å². The minimum atomic E-state index is -4.97. The number of rotatable bonds is 12. The van der Waals surface area contributed by atoms with Crippen molar-refractivity contribution in [2.45, 2.75) is 69.4 Å². The zero-order valence-electron chi connectivity index (χ0n) is 33.8. The number of piperidine rings is 1. The van der Waals surface area contributed by atoms with Gasteiger partial charge >= 0.3 is 24.4 Å². The van der Waals surface area contributed by atoms with Crippen molar-refractivity contribution >= 4 is 38.7 Å². The molecule has 21 heteroatoms. The molecule has 1 aliphatic rings. The van der Waals surface area contributed by atoms with E-state index in [9.17, 15) is 49.6 Å². The molecule has 1 N–H and O–H groups in total. The van der Waals surface area contributed by atoms with E-state index in [0.717, 1.165) is 34.6 Å². The summed E-state index contributed by atoms with van der Waals surface area (Å²) in [6.07, 6.45) is -6.64. The molecule has 1 fully saturated rings. The lowest BCUT2D eigenvalue weighted by atomic mass is 9.93. The average Bonchev–Trinajstić information content (AvgIpc) is 3.73. The zero-order valence-corrected chi connectivity index (χ0v) is 35.5. The number of carbonyl (C=O) groups excluding carboxylic acids is 2. The zero-order chi connectivity index (χ0) is 45.7. The molecule has 0 unspecified atom stereocenters. The summed E-state index contributed by atoms with van der Waals surface area (Å²) >= 11 is 0.811. The highest BCUT2D eigenvalue weighted by Crippen LogP contribution is 2.40. The quantitative estimate of drug-likeness (QED) is 0.119. The van der Waals surface area contributed by atoms with Crippen LogP contribution in [0.4, 0.5) is 36.3 Å². The maximum Gasteiger partial charge on any atom is 0.471 e. The summed E-state index contributed by atoms with van der Waals surface area (Å²) in [5.41, 5.74) is -0.200. The number of aromatic nitrogens is 3. The van der Waals surface area contributed by atoms with E-state index in [0.29, 0.717) is 41.6 Å². The van der Waals surface area contributed by atoms with Crippen molar-refractivity contribution in [2.75, 3.05) is 24.4 Å². The second kappa shape index (κ2) is 18.6. The standard InChI is InChI=1S/C42H39F6N7O6S2/c1-40(2,3)61-39(57)55(18-14-26-12-16-54(17-13-26)37(56)42(46,47)48)24-32-20-29(11-15-50-32)34-22-28(27-5-4-6-31(19-27)41(43,44)45)7-9-36(34)60-35-10-8-33(21-30(35)23-49)63(58,59)53-38-51-25-52-62-38/h4-11,15,19-22,25-26H,12-14,16-18,24H2,1-3H3,(H,51,52,53). The molecule has 1 aliphatic heterocycles. The number of amides is 2. The number of nitrogens with one attached hydrogen (secondary N) is 1. The number of nitriles is 1. The first-order valence-corrected chi connectivity index (χ1v) is 21.5. The fourth-order valence-electron chi connectivity index (χ4n) is 6.69. The SMILES string of the molecule is CC(C)(C)OC(=O)N(CCC1CCN(C(=O)C(F)(F)F)CC1)Cc1cc(-c2cc(-c3cccc(C(F)(F)F)c3)ccc2Oc2ccc(S(=O)(=O)Nc3ncns3)cc2C#N)ccn1. The van der Waals surface area contributed by atoms with Gasteiger partial charge in [-0.25, -0.2) is 18.2 Å².